The zero-order chi connectivity index (χ0) is 47.7. The predicted molar refractivity (Wildman–Crippen MR) is 239 cm³/mol. The van der Waals surface area contributed by atoms with Crippen molar-refractivity contribution in [2.24, 2.45) is 5.41 Å². The second kappa shape index (κ2) is 16.2. The quantitative estimate of drug-likeness (QED) is 0.131. The van der Waals surface area contributed by atoms with Crippen LogP contribution in [0.15, 0.2) is 108 Å². The van der Waals surface area contributed by atoms with Crippen LogP contribution in [0.2, 0.25) is 0 Å². The zero-order valence-electron chi connectivity index (χ0n) is 43.3. The average molecular weight is 949 g/mol. The smallest absolute Gasteiger partial charge is 0.121 e. The monoisotopic (exact) mass is 949 g/mol. The normalized spacial score (nSPS) is 19.5. The van der Waals surface area contributed by atoms with Crippen LogP contribution in [0, 0.1) is 38.1 Å². The minimum Gasteiger partial charge on any atom is -0.501 e. The molecule has 2 aliphatic carbocycles. The van der Waals surface area contributed by atoms with Crippen molar-refractivity contribution in [3.8, 4) is 22.5 Å². The number of fused-ring (bicyclic) bond motifs is 6. The topological polar surface area (TPSA) is 38.9 Å². The van der Waals surface area contributed by atoms with Crippen LogP contribution in [0.5, 0.6) is 0 Å². The van der Waals surface area contributed by atoms with E-state index < -0.39 is 26.4 Å². The first-order chi connectivity index (χ1) is 31.5. The number of pyridine rings is 2. The first-order valence-corrected chi connectivity index (χ1v) is 20.3. The molecule has 2 aliphatic rings. The molecule has 1 spiro atoms. The van der Waals surface area contributed by atoms with E-state index in [9.17, 15) is 1.37 Å². The molecular weight excluding hydrogens is 885 g/mol. The SMILES string of the molecule is [2H]C([2H])([2H])c1c[c-]c(-c2cc(C(C)(C)C)c(C([2H])([2H])[2H])cn2)cc1.[2H]C([2H])([2H])c1cnc(-c2[c-]ccc3c2oc2cc4c(ccc5ccccc54)cc23)cc1C1([2H])CCC2(CCCCC2)CC1.[Ir]. The van der Waals surface area contributed by atoms with Crippen molar-refractivity contribution in [3.63, 3.8) is 0 Å². The Bertz CT molecular complexity index is 3130. The third kappa shape index (κ3) is 7.79. The van der Waals surface area contributed by atoms with Gasteiger partial charge in [-0.15, -0.1) is 53.6 Å². The van der Waals surface area contributed by atoms with Crippen LogP contribution < -0.4 is 0 Å². The maximum atomic E-state index is 9.63. The number of nitrogens with zero attached hydrogens (tertiary/aromatic N) is 2. The average Bonchev–Trinajstić information content (AvgIpc) is 3.66. The Balaban J connectivity index is 0.000000214. The Morgan fingerprint density at radius 3 is 2.26 bits per heavy atom. The van der Waals surface area contributed by atoms with E-state index in [1.807, 2.05) is 39.0 Å². The van der Waals surface area contributed by atoms with Gasteiger partial charge in [-0.25, -0.2) is 0 Å². The number of benzene rings is 5. The Kier molecular flexibility index (Phi) is 8.25. The molecular formula is C54H54IrN2O-2. The molecule has 0 N–H and O–H groups in total. The van der Waals surface area contributed by atoms with Crippen LogP contribution >= 0.6 is 0 Å². The second-order valence-electron chi connectivity index (χ2n) is 17.2. The number of hydrogen-bond acceptors (Lipinski definition) is 3. The van der Waals surface area contributed by atoms with Crippen molar-refractivity contribution in [1.29, 1.82) is 0 Å². The summed E-state index contributed by atoms with van der Waals surface area (Å²) in [6.45, 7) is -0.908. The summed E-state index contributed by atoms with van der Waals surface area (Å²) in [5.74, 6) is -0.954. The zero-order valence-corrected chi connectivity index (χ0v) is 35.7. The van der Waals surface area contributed by atoms with Gasteiger partial charge in [0.15, 0.2) is 0 Å². The van der Waals surface area contributed by atoms with Crippen molar-refractivity contribution < 1.29 is 38.2 Å². The van der Waals surface area contributed by atoms with E-state index in [-0.39, 0.29) is 42.2 Å². The van der Waals surface area contributed by atoms with Gasteiger partial charge in [0.1, 0.15) is 5.58 Å². The predicted octanol–water partition coefficient (Wildman–Crippen LogP) is 15.1. The Morgan fingerprint density at radius 2 is 1.50 bits per heavy atom. The van der Waals surface area contributed by atoms with Gasteiger partial charge in [0.25, 0.3) is 0 Å². The summed E-state index contributed by atoms with van der Waals surface area (Å²) in [5.41, 5.74) is 5.87. The van der Waals surface area contributed by atoms with E-state index in [2.05, 4.69) is 70.6 Å². The third-order valence-electron chi connectivity index (χ3n) is 12.5. The number of hydrogen-bond donors (Lipinski definition) is 0. The van der Waals surface area contributed by atoms with Crippen LogP contribution in [-0.2, 0) is 25.5 Å². The van der Waals surface area contributed by atoms with Gasteiger partial charge >= 0.3 is 0 Å². The Morgan fingerprint density at radius 1 is 0.724 bits per heavy atom. The fraction of sp³-hybridized carbons (Fsp3) is 0.333. The fourth-order valence-corrected chi connectivity index (χ4v) is 9.28. The van der Waals surface area contributed by atoms with Gasteiger partial charge in [0.05, 0.1) is 5.58 Å². The molecule has 4 heteroatoms. The van der Waals surface area contributed by atoms with Crippen LogP contribution in [0.4, 0.5) is 0 Å². The summed E-state index contributed by atoms with van der Waals surface area (Å²) in [6, 6.07) is 35.4. The first-order valence-electron chi connectivity index (χ1n) is 25.3. The van der Waals surface area contributed by atoms with E-state index in [1.165, 1.54) is 67.4 Å². The van der Waals surface area contributed by atoms with Crippen molar-refractivity contribution >= 4 is 43.5 Å². The first kappa shape index (κ1) is 29.6. The maximum Gasteiger partial charge on any atom is 0.121 e. The summed E-state index contributed by atoms with van der Waals surface area (Å²) in [4.78, 5) is 8.92. The van der Waals surface area contributed by atoms with Crippen molar-refractivity contribution in [1.82, 2.24) is 9.97 Å². The van der Waals surface area contributed by atoms with E-state index in [0.717, 1.165) is 40.0 Å². The molecule has 2 fully saturated rings. The molecule has 3 heterocycles. The van der Waals surface area contributed by atoms with Gasteiger partial charge in [-0.2, -0.15) is 0 Å². The molecule has 0 bridgehead atoms. The van der Waals surface area contributed by atoms with Gasteiger partial charge in [0.2, 0.25) is 0 Å². The fourth-order valence-electron chi connectivity index (χ4n) is 9.28. The molecule has 5 aromatic carbocycles. The van der Waals surface area contributed by atoms with Crippen molar-refractivity contribution in [2.75, 3.05) is 0 Å². The van der Waals surface area contributed by atoms with Crippen LogP contribution in [0.25, 0.3) is 66.0 Å². The molecule has 0 amide bonds. The van der Waals surface area contributed by atoms with Crippen LogP contribution in [-0.4, -0.2) is 9.97 Å². The van der Waals surface area contributed by atoms with Crippen LogP contribution in [0.3, 0.4) is 0 Å². The number of aromatic nitrogens is 2. The largest absolute Gasteiger partial charge is 0.501 e. The molecule has 10 rings (SSSR count). The molecule has 3 nitrogen and oxygen atoms in total. The summed E-state index contributed by atoms with van der Waals surface area (Å²) in [6.07, 6.45) is 12.5. The summed E-state index contributed by atoms with van der Waals surface area (Å²) in [5, 5.41) is 6.65. The minimum atomic E-state index is -2.34. The van der Waals surface area contributed by atoms with E-state index in [1.54, 1.807) is 12.1 Å². The molecule has 0 saturated heterocycles. The number of furan rings is 1. The maximum absolute atomic E-state index is 9.63. The summed E-state index contributed by atoms with van der Waals surface area (Å²) >= 11 is 0. The molecule has 297 valence electrons. The van der Waals surface area contributed by atoms with E-state index in [4.69, 9.17) is 16.8 Å². The molecule has 0 unspecified atom stereocenters. The molecule has 3 aromatic heterocycles. The van der Waals surface area contributed by atoms with Gasteiger partial charge < -0.3 is 14.4 Å². The molecule has 8 aromatic rings. The molecule has 58 heavy (non-hydrogen) atoms. The van der Waals surface area contributed by atoms with Crippen molar-refractivity contribution in [2.45, 2.75) is 110 Å². The Hall–Kier alpha value is -4.63. The second-order valence-corrected chi connectivity index (χ2v) is 17.2. The van der Waals surface area contributed by atoms with E-state index in [0.29, 0.717) is 57.5 Å². The number of aryl methyl sites for hydroxylation is 3. The third-order valence-corrected chi connectivity index (χ3v) is 12.5. The molecule has 2 saturated carbocycles. The summed E-state index contributed by atoms with van der Waals surface area (Å²) < 4.78 is 86.3. The minimum absolute atomic E-state index is 0. The number of rotatable bonds is 3. The van der Waals surface area contributed by atoms with Crippen LogP contribution in [0.1, 0.15) is 126 Å². The van der Waals surface area contributed by atoms with E-state index >= 15 is 0 Å². The molecule has 1 radical (unpaired) electrons. The van der Waals surface area contributed by atoms with Gasteiger partial charge in [-0.1, -0.05) is 106 Å². The molecule has 0 aliphatic heterocycles. The van der Waals surface area contributed by atoms with Gasteiger partial charge in [-0.05, 0) is 136 Å². The standard InChI is InChI=1S/C37H34NO.C17H20N.Ir/c1-24-23-38-34(21-31(24)26-14-18-37(19-15-26)16-5-2-6-17-37)30-11-7-10-29-33-20-27-13-12-25-8-3-4-9-28(25)32(27)22-35(33)39-36(29)30;1-12-6-8-14(9-7-12)16-10-15(17(3,4)5)13(2)11-18-16;/h3-4,7-10,12-13,20-23,26H,2,5-6,14-19H2,1H3;6-8,10-11H,1-5H3;/q2*-1;/i1D3,26D;1D3,2D3;. The van der Waals surface area contributed by atoms with Gasteiger partial charge in [0, 0.05) is 51.6 Å². The Labute approximate surface area is 372 Å². The van der Waals surface area contributed by atoms with Gasteiger partial charge in [-0.3, -0.25) is 0 Å². The summed E-state index contributed by atoms with van der Waals surface area (Å²) in [7, 11) is 0. The van der Waals surface area contributed by atoms with Crippen molar-refractivity contribution in [3.05, 3.63) is 143 Å². The molecule has 0 atom stereocenters.